The van der Waals surface area contributed by atoms with Gasteiger partial charge in [-0.25, -0.2) is 4.39 Å². The van der Waals surface area contributed by atoms with Crippen molar-refractivity contribution in [1.82, 2.24) is 19.9 Å². The van der Waals surface area contributed by atoms with Crippen molar-refractivity contribution in [3.8, 4) is 0 Å². The Bertz CT molecular complexity index is 836. The van der Waals surface area contributed by atoms with Gasteiger partial charge < -0.3 is 0 Å². The number of aromatic nitrogens is 4. The third-order valence-corrected chi connectivity index (χ3v) is 3.26. The summed E-state index contributed by atoms with van der Waals surface area (Å²) in [4.78, 5) is 4.02. The van der Waals surface area contributed by atoms with Crippen LogP contribution in [0, 0.1) is 10.6 Å². The predicted octanol–water partition coefficient (Wildman–Crippen LogP) is 2.95. The van der Waals surface area contributed by atoms with Gasteiger partial charge in [0.2, 0.25) is 4.77 Å². The summed E-state index contributed by atoms with van der Waals surface area (Å²) in [6.07, 6.45) is 5.55. The number of rotatable bonds is 4. The summed E-state index contributed by atoms with van der Waals surface area (Å²) in [6.45, 7) is 0. The quantitative estimate of drug-likeness (QED) is 0.595. The van der Waals surface area contributed by atoms with Crippen LogP contribution >= 0.6 is 12.2 Å². The molecule has 0 bridgehead atoms. The molecule has 0 fully saturated rings. The molecule has 0 aliphatic carbocycles. The summed E-state index contributed by atoms with van der Waals surface area (Å²) in [5.41, 5.74) is 1.78. The Morgan fingerprint density at radius 2 is 2.09 bits per heavy atom. The van der Waals surface area contributed by atoms with E-state index in [1.165, 1.54) is 12.1 Å². The molecule has 2 heterocycles. The van der Waals surface area contributed by atoms with Crippen LogP contribution in [0.15, 0.2) is 53.9 Å². The maximum atomic E-state index is 12.9. The summed E-state index contributed by atoms with van der Waals surface area (Å²) in [6, 6.07) is 9.97. The number of halogens is 1. The molecule has 5 nitrogen and oxygen atoms in total. The summed E-state index contributed by atoms with van der Waals surface area (Å²) in [5.74, 6) is 0.383. The molecule has 0 aliphatic rings. The molecular weight excluding hydrogens is 301 g/mol. The van der Waals surface area contributed by atoms with Gasteiger partial charge in [0.25, 0.3) is 0 Å². The summed E-state index contributed by atoms with van der Waals surface area (Å²) in [5, 5.41) is 11.2. The van der Waals surface area contributed by atoms with E-state index in [4.69, 9.17) is 12.2 Å². The van der Waals surface area contributed by atoms with Gasteiger partial charge in [0, 0.05) is 24.4 Å². The molecule has 3 rings (SSSR count). The average molecular weight is 313 g/mol. The van der Waals surface area contributed by atoms with Crippen molar-refractivity contribution in [2.45, 2.75) is 6.42 Å². The minimum Gasteiger partial charge on any atom is -0.264 e. The fourth-order valence-corrected chi connectivity index (χ4v) is 2.12. The molecule has 110 valence electrons. The van der Waals surface area contributed by atoms with Gasteiger partial charge in [-0.15, -0.1) is 0 Å². The van der Waals surface area contributed by atoms with E-state index in [0.29, 0.717) is 17.0 Å². The number of H-pyrrole nitrogens is 1. The molecule has 3 aromatic rings. The molecule has 7 heteroatoms. The fraction of sp³-hybridized carbons (Fsp3) is 0.0667. The Balaban J connectivity index is 1.86. The first-order valence-electron chi connectivity index (χ1n) is 6.57. The molecule has 22 heavy (non-hydrogen) atoms. The highest BCUT2D eigenvalue weighted by Gasteiger charge is 2.06. The van der Waals surface area contributed by atoms with E-state index in [-0.39, 0.29) is 5.82 Å². The van der Waals surface area contributed by atoms with E-state index < -0.39 is 0 Å². The Hall–Kier alpha value is -2.67. The SMILES string of the molecule is Fc1ccc(Cc2n[nH]c(=S)n2/N=C\c2cccnc2)cc1. The van der Waals surface area contributed by atoms with Crippen molar-refractivity contribution in [3.05, 3.63) is 76.3 Å². The first-order chi connectivity index (χ1) is 10.7. The van der Waals surface area contributed by atoms with Gasteiger partial charge in [-0.05, 0) is 36.0 Å². The van der Waals surface area contributed by atoms with E-state index in [1.807, 2.05) is 12.1 Å². The zero-order valence-electron chi connectivity index (χ0n) is 11.5. The van der Waals surface area contributed by atoms with Gasteiger partial charge in [0.15, 0.2) is 5.82 Å². The topological polar surface area (TPSA) is 58.9 Å². The van der Waals surface area contributed by atoms with Gasteiger partial charge in [0.05, 0.1) is 6.21 Å². The summed E-state index contributed by atoms with van der Waals surface area (Å²) in [7, 11) is 0. The van der Waals surface area contributed by atoms with Crippen molar-refractivity contribution in [3.63, 3.8) is 0 Å². The lowest BCUT2D eigenvalue weighted by atomic mass is 10.1. The highest BCUT2D eigenvalue weighted by Crippen LogP contribution is 2.09. The lowest BCUT2D eigenvalue weighted by Crippen LogP contribution is -2.00. The monoisotopic (exact) mass is 313 g/mol. The van der Waals surface area contributed by atoms with Crippen LogP contribution in [0.4, 0.5) is 4.39 Å². The van der Waals surface area contributed by atoms with Crippen LogP contribution in [-0.4, -0.2) is 26.1 Å². The summed E-state index contributed by atoms with van der Waals surface area (Å²) >= 11 is 5.18. The van der Waals surface area contributed by atoms with E-state index in [0.717, 1.165) is 11.1 Å². The second-order valence-electron chi connectivity index (χ2n) is 4.59. The second-order valence-corrected chi connectivity index (χ2v) is 4.98. The molecule has 0 radical (unpaired) electrons. The van der Waals surface area contributed by atoms with Crippen LogP contribution < -0.4 is 0 Å². The zero-order valence-corrected chi connectivity index (χ0v) is 12.3. The smallest absolute Gasteiger partial charge is 0.216 e. The number of hydrogen-bond donors (Lipinski definition) is 1. The van der Waals surface area contributed by atoms with Gasteiger partial charge in [-0.2, -0.15) is 14.9 Å². The van der Waals surface area contributed by atoms with Crippen LogP contribution in [0.5, 0.6) is 0 Å². The second kappa shape index (κ2) is 6.40. The first kappa shape index (κ1) is 14.3. The molecule has 0 saturated heterocycles. The van der Waals surface area contributed by atoms with Gasteiger partial charge in [-0.3, -0.25) is 10.1 Å². The third kappa shape index (κ3) is 3.32. The van der Waals surface area contributed by atoms with Crippen molar-refractivity contribution < 1.29 is 4.39 Å². The molecule has 1 N–H and O–H groups in total. The average Bonchev–Trinajstić information content (AvgIpc) is 2.89. The van der Waals surface area contributed by atoms with Crippen LogP contribution in [0.2, 0.25) is 0 Å². The molecule has 0 amide bonds. The van der Waals surface area contributed by atoms with Crippen molar-refractivity contribution in [1.29, 1.82) is 0 Å². The number of nitrogens with zero attached hydrogens (tertiary/aromatic N) is 4. The van der Waals surface area contributed by atoms with Crippen molar-refractivity contribution in [2.75, 3.05) is 0 Å². The third-order valence-electron chi connectivity index (χ3n) is 3.00. The first-order valence-corrected chi connectivity index (χ1v) is 6.98. The zero-order chi connectivity index (χ0) is 15.4. The molecule has 0 aliphatic heterocycles. The van der Waals surface area contributed by atoms with Crippen LogP contribution in [0.1, 0.15) is 17.0 Å². The predicted molar refractivity (Wildman–Crippen MR) is 83.8 cm³/mol. The van der Waals surface area contributed by atoms with Gasteiger partial charge in [-0.1, -0.05) is 18.2 Å². The lowest BCUT2D eigenvalue weighted by molar-refractivity contribution is 0.627. The minimum atomic E-state index is -0.266. The fourth-order valence-electron chi connectivity index (χ4n) is 1.92. The van der Waals surface area contributed by atoms with E-state index >= 15 is 0 Å². The number of pyridine rings is 1. The Morgan fingerprint density at radius 1 is 1.27 bits per heavy atom. The number of hydrogen-bond acceptors (Lipinski definition) is 4. The summed E-state index contributed by atoms with van der Waals surface area (Å²) < 4.78 is 14.9. The van der Waals surface area contributed by atoms with Gasteiger partial charge >= 0.3 is 0 Å². The Labute approximate surface area is 131 Å². The Kier molecular flexibility index (Phi) is 4.15. The molecule has 0 spiro atoms. The largest absolute Gasteiger partial charge is 0.264 e. The molecular formula is C15H12FN5S. The molecule has 0 saturated carbocycles. The highest BCUT2D eigenvalue weighted by atomic mass is 32.1. The molecule has 2 aromatic heterocycles. The maximum absolute atomic E-state index is 12.9. The molecule has 0 unspecified atom stereocenters. The molecule has 0 atom stereocenters. The van der Waals surface area contributed by atoms with E-state index in [9.17, 15) is 4.39 Å². The molecule has 1 aromatic carbocycles. The van der Waals surface area contributed by atoms with Crippen molar-refractivity contribution in [2.24, 2.45) is 5.10 Å². The number of benzene rings is 1. The highest BCUT2D eigenvalue weighted by molar-refractivity contribution is 7.71. The van der Waals surface area contributed by atoms with Crippen LogP contribution in [-0.2, 0) is 6.42 Å². The van der Waals surface area contributed by atoms with E-state index in [2.05, 4.69) is 20.3 Å². The van der Waals surface area contributed by atoms with Crippen LogP contribution in [0.25, 0.3) is 0 Å². The minimum absolute atomic E-state index is 0.266. The Morgan fingerprint density at radius 3 is 2.82 bits per heavy atom. The van der Waals surface area contributed by atoms with Crippen molar-refractivity contribution >= 4 is 18.4 Å². The van der Waals surface area contributed by atoms with Crippen LogP contribution in [0.3, 0.4) is 0 Å². The number of nitrogens with one attached hydrogen (secondary N) is 1. The van der Waals surface area contributed by atoms with Gasteiger partial charge in [0.1, 0.15) is 5.82 Å². The standard InChI is InChI=1S/C15H12FN5S/c16-13-5-3-11(4-6-13)8-14-19-20-15(22)21(14)18-10-12-2-1-7-17-9-12/h1-7,9-10H,8H2,(H,20,22)/b18-10-. The lowest BCUT2D eigenvalue weighted by Gasteiger charge is -2.01. The normalized spacial score (nSPS) is 11.1. The number of aromatic amines is 1. The van der Waals surface area contributed by atoms with E-state index in [1.54, 1.807) is 35.4 Å². The maximum Gasteiger partial charge on any atom is 0.216 e.